The Labute approximate surface area is 133 Å². The standard InChI is InChI=1S/C19H16O4/c1-22-13-8-9-14-15(10-13)17(20)11-16(19(21)23-2)18(14)12-6-4-3-5-7-12/h3-11,20H,1-2H3. The normalized spacial score (nSPS) is 10.5. The highest BCUT2D eigenvalue weighted by molar-refractivity contribution is 6.10. The molecule has 0 bridgehead atoms. The van der Waals surface area contributed by atoms with Gasteiger partial charge in [-0.15, -0.1) is 0 Å². The highest BCUT2D eigenvalue weighted by Gasteiger charge is 2.19. The van der Waals surface area contributed by atoms with E-state index >= 15 is 0 Å². The first-order valence-corrected chi connectivity index (χ1v) is 7.13. The van der Waals surface area contributed by atoms with Crippen molar-refractivity contribution in [3.8, 4) is 22.6 Å². The van der Waals surface area contributed by atoms with Crippen molar-refractivity contribution >= 4 is 16.7 Å². The monoisotopic (exact) mass is 308 g/mol. The molecule has 0 fully saturated rings. The Morgan fingerprint density at radius 3 is 2.35 bits per heavy atom. The molecule has 0 aliphatic rings. The minimum absolute atomic E-state index is 0.0129. The maximum atomic E-state index is 12.2. The largest absolute Gasteiger partial charge is 0.507 e. The zero-order valence-electron chi connectivity index (χ0n) is 12.9. The van der Waals surface area contributed by atoms with Crippen molar-refractivity contribution in [1.29, 1.82) is 0 Å². The second-order valence-electron chi connectivity index (χ2n) is 5.09. The summed E-state index contributed by atoms with van der Waals surface area (Å²) in [6.07, 6.45) is 0. The van der Waals surface area contributed by atoms with Gasteiger partial charge in [0.1, 0.15) is 11.5 Å². The molecule has 4 heteroatoms. The first-order chi connectivity index (χ1) is 11.2. The van der Waals surface area contributed by atoms with Gasteiger partial charge in [-0.3, -0.25) is 0 Å². The van der Waals surface area contributed by atoms with Gasteiger partial charge in [0.2, 0.25) is 0 Å². The zero-order chi connectivity index (χ0) is 16.4. The van der Waals surface area contributed by atoms with Crippen LogP contribution in [0.25, 0.3) is 21.9 Å². The van der Waals surface area contributed by atoms with E-state index in [2.05, 4.69) is 0 Å². The molecule has 1 N–H and O–H groups in total. The Morgan fingerprint density at radius 2 is 1.70 bits per heavy atom. The van der Waals surface area contributed by atoms with Crippen molar-refractivity contribution in [2.24, 2.45) is 0 Å². The minimum Gasteiger partial charge on any atom is -0.507 e. The van der Waals surface area contributed by atoms with Crippen molar-refractivity contribution < 1.29 is 19.4 Å². The fourth-order valence-corrected chi connectivity index (χ4v) is 2.70. The Bertz CT molecular complexity index is 869. The van der Waals surface area contributed by atoms with Crippen LogP contribution in [0.15, 0.2) is 54.6 Å². The number of ether oxygens (including phenoxy) is 2. The van der Waals surface area contributed by atoms with Crippen LogP contribution < -0.4 is 4.74 Å². The predicted molar refractivity (Wildman–Crippen MR) is 88.9 cm³/mol. The molecule has 0 atom stereocenters. The van der Waals surface area contributed by atoms with Crippen molar-refractivity contribution in [2.75, 3.05) is 14.2 Å². The molecule has 0 radical (unpaired) electrons. The second-order valence-corrected chi connectivity index (χ2v) is 5.09. The third-order valence-electron chi connectivity index (χ3n) is 3.79. The van der Waals surface area contributed by atoms with E-state index in [9.17, 15) is 9.90 Å². The van der Waals surface area contributed by atoms with Crippen molar-refractivity contribution in [3.05, 3.63) is 60.2 Å². The highest BCUT2D eigenvalue weighted by Crippen LogP contribution is 2.39. The molecule has 0 amide bonds. The smallest absolute Gasteiger partial charge is 0.338 e. The predicted octanol–water partition coefficient (Wildman–Crippen LogP) is 4.01. The molecule has 0 saturated carbocycles. The second kappa shape index (κ2) is 6.01. The Morgan fingerprint density at radius 1 is 0.957 bits per heavy atom. The number of carbonyl (C=O) groups is 1. The number of hydrogen-bond acceptors (Lipinski definition) is 4. The number of hydrogen-bond donors (Lipinski definition) is 1. The van der Waals surface area contributed by atoms with E-state index in [4.69, 9.17) is 9.47 Å². The van der Waals surface area contributed by atoms with Crippen molar-refractivity contribution in [2.45, 2.75) is 0 Å². The van der Waals surface area contributed by atoms with E-state index in [1.807, 2.05) is 36.4 Å². The maximum Gasteiger partial charge on any atom is 0.338 e. The van der Waals surface area contributed by atoms with Gasteiger partial charge < -0.3 is 14.6 Å². The molecule has 0 aliphatic carbocycles. The lowest BCUT2D eigenvalue weighted by Gasteiger charge is -2.14. The van der Waals surface area contributed by atoms with Crippen molar-refractivity contribution in [3.63, 3.8) is 0 Å². The highest BCUT2D eigenvalue weighted by atomic mass is 16.5. The number of carbonyl (C=O) groups excluding carboxylic acids is 1. The summed E-state index contributed by atoms with van der Waals surface area (Å²) < 4.78 is 10.1. The maximum absolute atomic E-state index is 12.2. The molecule has 3 rings (SSSR count). The van der Waals surface area contributed by atoms with Crippen LogP contribution >= 0.6 is 0 Å². The van der Waals surface area contributed by atoms with Gasteiger partial charge in [-0.2, -0.15) is 0 Å². The zero-order valence-corrected chi connectivity index (χ0v) is 12.9. The average molecular weight is 308 g/mol. The number of esters is 1. The van der Waals surface area contributed by atoms with Crippen LogP contribution in [-0.4, -0.2) is 25.3 Å². The molecule has 3 aromatic rings. The lowest BCUT2D eigenvalue weighted by atomic mass is 9.92. The summed E-state index contributed by atoms with van der Waals surface area (Å²) >= 11 is 0. The Balaban J connectivity index is 2.41. The molecule has 4 nitrogen and oxygen atoms in total. The molecule has 0 saturated heterocycles. The number of methoxy groups -OCH3 is 2. The molecular formula is C19H16O4. The van der Waals surface area contributed by atoms with Gasteiger partial charge in [-0.05, 0) is 35.2 Å². The lowest BCUT2D eigenvalue weighted by molar-refractivity contribution is 0.0601. The van der Waals surface area contributed by atoms with Crippen LogP contribution in [0.4, 0.5) is 0 Å². The summed E-state index contributed by atoms with van der Waals surface area (Å²) in [5.41, 5.74) is 1.94. The number of aromatic hydroxyl groups is 1. The Kier molecular flexibility index (Phi) is 3.89. The number of fused-ring (bicyclic) bond motifs is 1. The summed E-state index contributed by atoms with van der Waals surface area (Å²) in [5, 5.41) is 11.7. The van der Waals surface area contributed by atoms with Gasteiger partial charge in [0, 0.05) is 10.9 Å². The molecule has 23 heavy (non-hydrogen) atoms. The summed E-state index contributed by atoms with van der Waals surface area (Å²) in [4.78, 5) is 12.2. The van der Waals surface area contributed by atoms with Gasteiger partial charge in [-0.25, -0.2) is 4.79 Å². The number of rotatable bonds is 3. The molecule has 0 spiro atoms. The molecule has 0 unspecified atom stereocenters. The number of phenolic OH excluding ortho intramolecular Hbond substituents is 1. The SMILES string of the molecule is COC(=O)c1cc(O)c2cc(OC)ccc2c1-c1ccccc1. The molecule has 0 heterocycles. The molecule has 3 aromatic carbocycles. The van der Waals surface area contributed by atoms with E-state index < -0.39 is 5.97 Å². The summed E-state index contributed by atoms with van der Waals surface area (Å²) in [5.74, 6) is 0.161. The quantitative estimate of drug-likeness (QED) is 0.743. The molecular weight excluding hydrogens is 292 g/mol. The van der Waals surface area contributed by atoms with Crippen LogP contribution in [0, 0.1) is 0 Å². The van der Waals surface area contributed by atoms with Crippen LogP contribution in [0.3, 0.4) is 0 Å². The van der Waals surface area contributed by atoms with E-state index in [-0.39, 0.29) is 5.75 Å². The first kappa shape index (κ1) is 14.9. The first-order valence-electron chi connectivity index (χ1n) is 7.13. The van der Waals surface area contributed by atoms with Gasteiger partial charge >= 0.3 is 5.97 Å². The van der Waals surface area contributed by atoms with Gasteiger partial charge in [0.05, 0.1) is 19.8 Å². The van der Waals surface area contributed by atoms with Crippen LogP contribution in [0.1, 0.15) is 10.4 Å². The van der Waals surface area contributed by atoms with E-state index in [0.717, 1.165) is 16.5 Å². The minimum atomic E-state index is -0.489. The fraction of sp³-hybridized carbons (Fsp3) is 0.105. The number of benzene rings is 3. The van der Waals surface area contributed by atoms with Crippen LogP contribution in [0.5, 0.6) is 11.5 Å². The van der Waals surface area contributed by atoms with Crippen LogP contribution in [0.2, 0.25) is 0 Å². The number of phenols is 1. The average Bonchev–Trinajstić information content (AvgIpc) is 2.61. The summed E-state index contributed by atoms with van der Waals surface area (Å²) in [6.45, 7) is 0. The van der Waals surface area contributed by atoms with E-state index in [0.29, 0.717) is 16.7 Å². The fourth-order valence-electron chi connectivity index (χ4n) is 2.70. The van der Waals surface area contributed by atoms with Gasteiger partial charge in [-0.1, -0.05) is 30.3 Å². The molecule has 116 valence electrons. The Hall–Kier alpha value is -3.01. The topological polar surface area (TPSA) is 55.8 Å². The third kappa shape index (κ3) is 2.59. The van der Waals surface area contributed by atoms with Crippen LogP contribution in [-0.2, 0) is 4.74 Å². The summed E-state index contributed by atoms with van der Waals surface area (Å²) in [7, 11) is 2.89. The third-order valence-corrected chi connectivity index (χ3v) is 3.79. The molecule has 0 aliphatic heterocycles. The lowest BCUT2D eigenvalue weighted by Crippen LogP contribution is -2.04. The summed E-state index contributed by atoms with van der Waals surface area (Å²) in [6, 6.07) is 16.4. The van der Waals surface area contributed by atoms with Gasteiger partial charge in [0.15, 0.2) is 0 Å². The van der Waals surface area contributed by atoms with Crippen molar-refractivity contribution in [1.82, 2.24) is 0 Å². The van der Waals surface area contributed by atoms with Gasteiger partial charge in [0.25, 0.3) is 0 Å². The van der Waals surface area contributed by atoms with E-state index in [1.54, 1.807) is 19.2 Å². The molecule has 0 aromatic heterocycles. The van der Waals surface area contributed by atoms with E-state index in [1.165, 1.54) is 13.2 Å².